The third-order valence-electron chi connectivity index (χ3n) is 4.89. The van der Waals surface area contributed by atoms with Crippen molar-refractivity contribution >= 4 is 28.9 Å². The minimum Gasteiger partial charge on any atom is -0.494 e. The molecule has 8 heteroatoms. The molecule has 3 rings (SSSR count). The summed E-state index contributed by atoms with van der Waals surface area (Å²) in [5.74, 6) is -0.757. The number of hydrogen-bond acceptors (Lipinski definition) is 5. The second-order valence-corrected chi connectivity index (χ2v) is 6.77. The van der Waals surface area contributed by atoms with E-state index in [2.05, 4.69) is 5.32 Å². The molecule has 1 saturated heterocycles. The minimum absolute atomic E-state index is 0.0664. The SMILES string of the molecule is COc1cc([N+](=O)[O-])ccc1N1C[C@@H](C(=O)Nc2c(C)cccc2C)CC1=O. The number of benzene rings is 2. The molecule has 0 bridgehead atoms. The molecule has 1 atom stereocenters. The highest BCUT2D eigenvalue weighted by Gasteiger charge is 2.36. The highest BCUT2D eigenvalue weighted by molar-refractivity contribution is 6.04. The van der Waals surface area contributed by atoms with Crippen molar-refractivity contribution in [3.8, 4) is 5.75 Å². The summed E-state index contributed by atoms with van der Waals surface area (Å²) in [5.41, 5.74) is 2.95. The smallest absolute Gasteiger partial charge is 0.273 e. The molecule has 0 unspecified atom stereocenters. The van der Waals surface area contributed by atoms with Gasteiger partial charge in [-0.2, -0.15) is 0 Å². The highest BCUT2D eigenvalue weighted by atomic mass is 16.6. The molecular formula is C20H21N3O5. The first-order chi connectivity index (χ1) is 13.3. The molecule has 28 heavy (non-hydrogen) atoms. The van der Waals surface area contributed by atoms with E-state index in [4.69, 9.17) is 4.74 Å². The minimum atomic E-state index is -0.529. The molecule has 8 nitrogen and oxygen atoms in total. The molecule has 0 saturated carbocycles. The van der Waals surface area contributed by atoms with Crippen molar-refractivity contribution in [1.82, 2.24) is 0 Å². The molecule has 2 aromatic rings. The van der Waals surface area contributed by atoms with Gasteiger partial charge in [-0.1, -0.05) is 18.2 Å². The number of non-ortho nitro benzene ring substituents is 1. The van der Waals surface area contributed by atoms with E-state index in [1.165, 1.54) is 30.2 Å². The quantitative estimate of drug-likeness (QED) is 0.631. The zero-order valence-corrected chi connectivity index (χ0v) is 15.9. The van der Waals surface area contributed by atoms with Gasteiger partial charge < -0.3 is 15.0 Å². The van der Waals surface area contributed by atoms with E-state index < -0.39 is 10.8 Å². The van der Waals surface area contributed by atoms with E-state index in [1.54, 1.807) is 0 Å². The summed E-state index contributed by atoms with van der Waals surface area (Å²) >= 11 is 0. The van der Waals surface area contributed by atoms with Crippen molar-refractivity contribution in [2.75, 3.05) is 23.9 Å². The first-order valence-electron chi connectivity index (χ1n) is 8.81. The molecule has 1 N–H and O–H groups in total. The normalized spacial score (nSPS) is 16.2. The van der Waals surface area contributed by atoms with Crippen LogP contribution < -0.4 is 15.0 Å². The van der Waals surface area contributed by atoms with Crippen LogP contribution >= 0.6 is 0 Å². The Morgan fingerprint density at radius 1 is 1.25 bits per heavy atom. The number of aryl methyl sites for hydroxylation is 2. The Labute approximate surface area is 162 Å². The van der Waals surface area contributed by atoms with Crippen molar-refractivity contribution in [1.29, 1.82) is 0 Å². The van der Waals surface area contributed by atoms with Gasteiger partial charge in [-0.3, -0.25) is 19.7 Å². The number of rotatable bonds is 5. The monoisotopic (exact) mass is 383 g/mol. The van der Waals surface area contributed by atoms with Gasteiger partial charge in [0.15, 0.2) is 0 Å². The maximum absolute atomic E-state index is 12.7. The molecule has 1 fully saturated rings. The number of nitro groups is 1. The molecule has 0 aliphatic carbocycles. The number of nitrogens with one attached hydrogen (secondary N) is 1. The Morgan fingerprint density at radius 3 is 2.54 bits per heavy atom. The fourth-order valence-electron chi connectivity index (χ4n) is 3.36. The van der Waals surface area contributed by atoms with E-state index in [1.807, 2.05) is 32.0 Å². The lowest BCUT2D eigenvalue weighted by Gasteiger charge is -2.19. The fourth-order valence-corrected chi connectivity index (χ4v) is 3.36. The number of methoxy groups -OCH3 is 1. The summed E-state index contributed by atoms with van der Waals surface area (Å²) in [4.78, 5) is 37.1. The molecule has 1 aliphatic heterocycles. The molecular weight excluding hydrogens is 362 g/mol. The van der Waals surface area contributed by atoms with E-state index in [-0.39, 0.29) is 36.2 Å². The van der Waals surface area contributed by atoms with Crippen LogP contribution in [0.1, 0.15) is 17.5 Å². The fraction of sp³-hybridized carbons (Fsp3) is 0.300. The summed E-state index contributed by atoms with van der Waals surface area (Å²) in [6.07, 6.45) is 0.0664. The van der Waals surface area contributed by atoms with Gasteiger partial charge in [0, 0.05) is 24.7 Å². The van der Waals surface area contributed by atoms with Crippen LogP contribution in [0.4, 0.5) is 17.1 Å². The largest absolute Gasteiger partial charge is 0.494 e. The molecule has 2 amide bonds. The molecule has 1 heterocycles. The maximum atomic E-state index is 12.7. The molecule has 0 radical (unpaired) electrons. The molecule has 0 aromatic heterocycles. The van der Waals surface area contributed by atoms with Crippen LogP contribution in [0.15, 0.2) is 36.4 Å². The number of amides is 2. The number of carbonyl (C=O) groups is 2. The highest BCUT2D eigenvalue weighted by Crippen LogP contribution is 2.36. The summed E-state index contributed by atoms with van der Waals surface area (Å²) < 4.78 is 5.22. The lowest BCUT2D eigenvalue weighted by Crippen LogP contribution is -2.28. The molecule has 1 aliphatic rings. The predicted octanol–water partition coefficient (Wildman–Crippen LogP) is 3.21. The van der Waals surface area contributed by atoms with Crippen LogP contribution in [-0.2, 0) is 9.59 Å². The second-order valence-electron chi connectivity index (χ2n) is 6.77. The van der Waals surface area contributed by atoms with Crippen LogP contribution in [0.2, 0.25) is 0 Å². The summed E-state index contributed by atoms with van der Waals surface area (Å²) in [6, 6.07) is 9.80. The van der Waals surface area contributed by atoms with Crippen LogP contribution in [0.5, 0.6) is 5.75 Å². The number of carbonyl (C=O) groups excluding carboxylic acids is 2. The average Bonchev–Trinajstić information content (AvgIpc) is 3.05. The summed E-state index contributed by atoms with van der Waals surface area (Å²) in [6.45, 7) is 4.01. The van der Waals surface area contributed by atoms with Gasteiger partial charge in [0.1, 0.15) is 5.75 Å². The van der Waals surface area contributed by atoms with Crippen molar-refractivity contribution in [3.63, 3.8) is 0 Å². The Kier molecular flexibility index (Phi) is 5.30. The number of nitro benzene ring substituents is 1. The second kappa shape index (κ2) is 7.67. The van der Waals surface area contributed by atoms with E-state index in [0.29, 0.717) is 5.69 Å². The number of ether oxygens (including phenoxy) is 1. The Hall–Kier alpha value is -3.42. The van der Waals surface area contributed by atoms with Gasteiger partial charge in [0.05, 0.1) is 29.7 Å². The van der Waals surface area contributed by atoms with Gasteiger partial charge in [-0.25, -0.2) is 0 Å². The van der Waals surface area contributed by atoms with Crippen molar-refractivity contribution in [2.45, 2.75) is 20.3 Å². The van der Waals surface area contributed by atoms with Crippen LogP contribution in [0, 0.1) is 29.9 Å². The number of para-hydroxylation sites is 1. The van der Waals surface area contributed by atoms with E-state index in [9.17, 15) is 19.7 Å². The third-order valence-corrected chi connectivity index (χ3v) is 4.89. The average molecular weight is 383 g/mol. The van der Waals surface area contributed by atoms with Crippen LogP contribution in [-0.4, -0.2) is 30.4 Å². The molecule has 2 aromatic carbocycles. The number of anilines is 2. The van der Waals surface area contributed by atoms with Crippen molar-refractivity contribution in [2.24, 2.45) is 5.92 Å². The lowest BCUT2D eigenvalue weighted by molar-refractivity contribution is -0.384. The van der Waals surface area contributed by atoms with Gasteiger partial charge in [0.25, 0.3) is 5.69 Å². The maximum Gasteiger partial charge on any atom is 0.273 e. The first kappa shape index (κ1) is 19.3. The summed E-state index contributed by atoms with van der Waals surface area (Å²) in [5, 5.41) is 13.9. The van der Waals surface area contributed by atoms with Crippen molar-refractivity contribution in [3.05, 3.63) is 57.6 Å². The zero-order valence-electron chi connectivity index (χ0n) is 15.9. The van der Waals surface area contributed by atoms with Gasteiger partial charge in [-0.15, -0.1) is 0 Å². The third kappa shape index (κ3) is 3.66. The molecule has 0 spiro atoms. The van der Waals surface area contributed by atoms with Crippen LogP contribution in [0.25, 0.3) is 0 Å². The van der Waals surface area contributed by atoms with Gasteiger partial charge in [0.2, 0.25) is 11.8 Å². The number of hydrogen-bond donors (Lipinski definition) is 1. The Bertz CT molecular complexity index is 937. The predicted molar refractivity (Wildman–Crippen MR) is 105 cm³/mol. The zero-order chi connectivity index (χ0) is 20.4. The van der Waals surface area contributed by atoms with E-state index in [0.717, 1.165) is 16.8 Å². The van der Waals surface area contributed by atoms with E-state index >= 15 is 0 Å². The summed E-state index contributed by atoms with van der Waals surface area (Å²) in [7, 11) is 1.38. The van der Waals surface area contributed by atoms with Crippen molar-refractivity contribution < 1.29 is 19.2 Å². The molecule has 146 valence electrons. The standard InChI is InChI=1S/C20H21N3O5/c1-12-5-4-6-13(2)19(12)21-20(25)14-9-18(24)22(11-14)16-8-7-15(23(26)27)10-17(16)28-3/h4-8,10,14H,9,11H2,1-3H3,(H,21,25)/t14-/m0/s1. The lowest BCUT2D eigenvalue weighted by atomic mass is 10.1. The Morgan fingerprint density at radius 2 is 1.93 bits per heavy atom. The first-order valence-corrected chi connectivity index (χ1v) is 8.81. The number of nitrogens with zero attached hydrogens (tertiary/aromatic N) is 2. The topological polar surface area (TPSA) is 102 Å². The Balaban J connectivity index is 1.80. The van der Waals surface area contributed by atoms with Gasteiger partial charge >= 0.3 is 0 Å². The van der Waals surface area contributed by atoms with Crippen LogP contribution in [0.3, 0.4) is 0 Å². The van der Waals surface area contributed by atoms with Gasteiger partial charge in [-0.05, 0) is 31.0 Å².